The van der Waals surface area contributed by atoms with Crippen LogP contribution >= 0.6 is 0 Å². The normalized spacial score (nSPS) is 15.2. The van der Waals surface area contributed by atoms with E-state index < -0.39 is 10.0 Å². The Morgan fingerprint density at radius 3 is 2.34 bits per heavy atom. The minimum Gasteiger partial charge on any atom is -0.459 e. The predicted molar refractivity (Wildman–Crippen MR) is 147 cm³/mol. The van der Waals surface area contributed by atoms with Crippen LogP contribution in [0.2, 0.25) is 0 Å². The van der Waals surface area contributed by atoms with Crippen LogP contribution in [-0.2, 0) is 14.8 Å². The lowest BCUT2D eigenvalue weighted by atomic mass is 10.00. The van der Waals surface area contributed by atoms with Gasteiger partial charge in [0.1, 0.15) is 0 Å². The molecule has 0 saturated carbocycles. The average molecular weight is 530 g/mol. The summed E-state index contributed by atoms with van der Waals surface area (Å²) in [4.78, 5) is 29.3. The first kappa shape index (κ1) is 25.3. The highest BCUT2D eigenvalue weighted by Crippen LogP contribution is 2.40. The number of rotatable bonds is 5. The maximum atomic E-state index is 13.3. The molecule has 0 radical (unpaired) electrons. The molecule has 2 heterocycles. The smallest absolute Gasteiger partial charge is 0.294 e. The summed E-state index contributed by atoms with van der Waals surface area (Å²) < 4.78 is 33.8. The molecule has 4 aromatic rings. The number of aryl methyl sites for hydroxylation is 1. The molecule has 2 amide bonds. The van der Waals surface area contributed by atoms with E-state index in [4.69, 9.17) is 4.42 Å². The van der Waals surface area contributed by atoms with Crippen LogP contribution in [0, 0.1) is 6.92 Å². The van der Waals surface area contributed by atoms with Gasteiger partial charge in [-0.05, 0) is 73.5 Å². The third-order valence-corrected chi connectivity index (χ3v) is 7.91. The number of hydrogen-bond acceptors (Lipinski definition) is 5. The summed E-state index contributed by atoms with van der Waals surface area (Å²) in [6.45, 7) is 5.59. The average Bonchev–Trinajstić information content (AvgIpc) is 3.42. The lowest BCUT2D eigenvalue weighted by Crippen LogP contribution is -2.51. The molecule has 0 saturated heterocycles. The van der Waals surface area contributed by atoms with Crippen LogP contribution in [0.4, 0.5) is 17.1 Å². The molecule has 9 heteroatoms. The summed E-state index contributed by atoms with van der Waals surface area (Å²) in [6, 6.07) is 22.2. The number of hydrogen-bond donors (Lipinski definition) is 1. The van der Waals surface area contributed by atoms with Gasteiger partial charge in [-0.2, -0.15) is 0 Å². The molecule has 0 fully saturated rings. The van der Waals surface area contributed by atoms with Gasteiger partial charge in [0.05, 0.1) is 28.6 Å². The lowest BCUT2D eigenvalue weighted by Gasteiger charge is -2.40. The van der Waals surface area contributed by atoms with Crippen molar-refractivity contribution in [1.82, 2.24) is 0 Å². The van der Waals surface area contributed by atoms with Crippen LogP contribution in [0.1, 0.15) is 30.0 Å². The third kappa shape index (κ3) is 4.80. The second-order valence-corrected chi connectivity index (χ2v) is 11.0. The molecular formula is C29H27N3O5S. The molecule has 8 nitrogen and oxygen atoms in total. The Labute approximate surface area is 221 Å². The van der Waals surface area contributed by atoms with E-state index in [0.29, 0.717) is 23.6 Å². The van der Waals surface area contributed by atoms with E-state index in [2.05, 4.69) is 4.72 Å². The highest BCUT2D eigenvalue weighted by atomic mass is 32.2. The first-order chi connectivity index (χ1) is 18.1. The third-order valence-electron chi connectivity index (χ3n) is 6.51. The number of furan rings is 1. The molecule has 1 N–H and O–H groups in total. The van der Waals surface area contributed by atoms with Gasteiger partial charge >= 0.3 is 0 Å². The van der Waals surface area contributed by atoms with Crippen LogP contribution in [0.3, 0.4) is 0 Å². The zero-order valence-corrected chi connectivity index (χ0v) is 22.0. The van der Waals surface area contributed by atoms with Gasteiger partial charge in [0.2, 0.25) is 5.91 Å². The van der Waals surface area contributed by atoms with E-state index >= 15 is 0 Å². The first-order valence-electron chi connectivity index (χ1n) is 12.1. The maximum absolute atomic E-state index is 13.3. The fourth-order valence-corrected chi connectivity index (χ4v) is 5.75. The van der Waals surface area contributed by atoms with Gasteiger partial charge in [-0.15, -0.1) is 0 Å². The number of nitrogens with one attached hydrogen (secondary N) is 1. The highest BCUT2D eigenvalue weighted by Gasteiger charge is 2.35. The zero-order valence-electron chi connectivity index (χ0n) is 21.2. The van der Waals surface area contributed by atoms with Gasteiger partial charge in [0.15, 0.2) is 5.76 Å². The van der Waals surface area contributed by atoms with Crippen molar-refractivity contribution < 1.29 is 22.4 Å². The second kappa shape index (κ2) is 9.83. The number of benzene rings is 3. The van der Waals surface area contributed by atoms with E-state index in [0.717, 1.165) is 16.7 Å². The van der Waals surface area contributed by atoms with E-state index in [1.165, 1.54) is 13.2 Å². The lowest BCUT2D eigenvalue weighted by molar-refractivity contribution is -0.117. The molecule has 0 bridgehead atoms. The fourth-order valence-electron chi connectivity index (χ4n) is 4.70. The number of sulfonamides is 1. The number of nitrogens with zero attached hydrogens (tertiary/aromatic N) is 2. The molecule has 3 aromatic carbocycles. The number of anilines is 3. The summed E-state index contributed by atoms with van der Waals surface area (Å²) in [7, 11) is -3.77. The number of amides is 2. The van der Waals surface area contributed by atoms with Gasteiger partial charge in [-0.25, -0.2) is 8.42 Å². The van der Waals surface area contributed by atoms with Gasteiger partial charge in [0.25, 0.3) is 15.9 Å². The molecule has 1 atom stereocenters. The number of carbonyl (C=O) groups excluding carboxylic acids is 2. The van der Waals surface area contributed by atoms with Gasteiger partial charge in [-0.3, -0.25) is 14.3 Å². The van der Waals surface area contributed by atoms with Gasteiger partial charge in [0, 0.05) is 19.2 Å². The van der Waals surface area contributed by atoms with Crippen molar-refractivity contribution in [3.63, 3.8) is 0 Å². The predicted octanol–water partition coefficient (Wildman–Crippen LogP) is 5.46. The van der Waals surface area contributed by atoms with E-state index in [1.807, 2.05) is 38.1 Å². The minimum absolute atomic E-state index is 0.121. The van der Waals surface area contributed by atoms with Crippen molar-refractivity contribution >= 4 is 38.9 Å². The Kier molecular flexibility index (Phi) is 6.54. The van der Waals surface area contributed by atoms with Crippen molar-refractivity contribution in [3.05, 3.63) is 96.4 Å². The molecule has 194 valence electrons. The molecule has 5 rings (SSSR count). The summed E-state index contributed by atoms with van der Waals surface area (Å²) in [5.41, 5.74) is 4.07. The molecule has 0 unspecified atom stereocenters. The zero-order chi connectivity index (χ0) is 27.0. The van der Waals surface area contributed by atoms with Gasteiger partial charge < -0.3 is 14.2 Å². The number of fused-ring (bicyclic) bond motifs is 1. The minimum atomic E-state index is -3.77. The molecule has 38 heavy (non-hydrogen) atoms. The topological polar surface area (TPSA) is 99.9 Å². The second-order valence-electron chi connectivity index (χ2n) is 9.33. The molecule has 1 aromatic heterocycles. The van der Waals surface area contributed by atoms with Crippen molar-refractivity contribution in [2.75, 3.05) is 21.1 Å². The Bertz CT molecular complexity index is 1610. The first-order valence-corrected chi connectivity index (χ1v) is 13.6. The molecule has 1 aliphatic heterocycles. The Morgan fingerprint density at radius 2 is 1.66 bits per heavy atom. The highest BCUT2D eigenvalue weighted by molar-refractivity contribution is 7.92. The van der Waals surface area contributed by atoms with Crippen molar-refractivity contribution in [1.29, 1.82) is 0 Å². The fraction of sp³-hybridized carbons (Fsp3) is 0.172. The Hall–Kier alpha value is -4.37. The molecular weight excluding hydrogens is 502 g/mol. The Morgan fingerprint density at radius 1 is 0.921 bits per heavy atom. The van der Waals surface area contributed by atoms with Crippen LogP contribution in [-0.4, -0.2) is 32.8 Å². The maximum Gasteiger partial charge on any atom is 0.294 e. The summed E-state index contributed by atoms with van der Waals surface area (Å²) >= 11 is 0. The van der Waals surface area contributed by atoms with E-state index in [1.54, 1.807) is 64.4 Å². The quantitative estimate of drug-likeness (QED) is 0.370. The van der Waals surface area contributed by atoms with E-state index in [9.17, 15) is 18.0 Å². The van der Waals surface area contributed by atoms with Crippen molar-refractivity contribution in [2.45, 2.75) is 31.7 Å². The van der Waals surface area contributed by atoms with Crippen molar-refractivity contribution in [2.24, 2.45) is 0 Å². The molecule has 0 spiro atoms. The summed E-state index contributed by atoms with van der Waals surface area (Å²) in [5, 5.41) is 0. The van der Waals surface area contributed by atoms with Crippen LogP contribution in [0.15, 0.2) is 94.4 Å². The van der Waals surface area contributed by atoms with Crippen molar-refractivity contribution in [3.8, 4) is 11.1 Å². The van der Waals surface area contributed by atoms with E-state index in [-0.39, 0.29) is 28.5 Å². The largest absolute Gasteiger partial charge is 0.459 e. The summed E-state index contributed by atoms with van der Waals surface area (Å²) in [6.07, 6.45) is 1.45. The SMILES string of the molecule is CC(=O)N1c2ccc(-c3cccc(NS(=O)(=O)c4ccc(C)cc4)c3)cc2N(C(=O)c2ccco2)C[C@@H]1C. The summed E-state index contributed by atoms with van der Waals surface area (Å²) in [5.74, 6) is -0.218. The van der Waals surface area contributed by atoms with Gasteiger partial charge in [-0.1, -0.05) is 35.9 Å². The molecule has 1 aliphatic rings. The van der Waals surface area contributed by atoms with Crippen LogP contribution in [0.5, 0.6) is 0 Å². The van der Waals surface area contributed by atoms with Crippen LogP contribution < -0.4 is 14.5 Å². The Balaban J connectivity index is 1.52. The standard InChI is InChI=1S/C29H27N3O5S/c1-19-9-12-25(13-10-19)38(35,36)30-24-7-4-6-22(16-24)23-11-14-26-27(17-23)31(18-20(2)32(26)21(3)33)29(34)28-8-5-15-37-28/h4-17,20,30H,18H2,1-3H3/t20-/m0/s1. The monoisotopic (exact) mass is 529 g/mol. The number of carbonyl (C=O) groups is 2. The molecule has 0 aliphatic carbocycles. The van der Waals surface area contributed by atoms with Crippen LogP contribution in [0.25, 0.3) is 11.1 Å².